The van der Waals surface area contributed by atoms with E-state index in [4.69, 9.17) is 23.2 Å². The van der Waals surface area contributed by atoms with Gasteiger partial charge in [-0.05, 0) is 66.3 Å². The van der Waals surface area contributed by atoms with Crippen molar-refractivity contribution in [3.05, 3.63) is 88.4 Å². The van der Waals surface area contributed by atoms with Gasteiger partial charge >= 0.3 is 0 Å². The summed E-state index contributed by atoms with van der Waals surface area (Å²) in [6.45, 7) is 5.69. The van der Waals surface area contributed by atoms with Crippen LogP contribution < -0.4 is 0 Å². The molecule has 2 aromatic carbocycles. The monoisotopic (exact) mass is 428 g/mol. The van der Waals surface area contributed by atoms with Crippen molar-refractivity contribution in [2.45, 2.75) is 52.5 Å². The quantitative estimate of drug-likeness (QED) is 0.326. The first kappa shape index (κ1) is 21.9. The third-order valence-electron chi connectivity index (χ3n) is 6.24. The van der Waals surface area contributed by atoms with Crippen molar-refractivity contribution in [1.82, 2.24) is 9.55 Å². The molecule has 0 saturated heterocycles. The van der Waals surface area contributed by atoms with Crippen LogP contribution in [0.15, 0.2) is 67.3 Å². The van der Waals surface area contributed by atoms with Gasteiger partial charge in [-0.2, -0.15) is 0 Å². The average Bonchev–Trinajstić information content (AvgIpc) is 3.22. The van der Waals surface area contributed by atoms with Gasteiger partial charge in [0.1, 0.15) is 0 Å². The fourth-order valence-electron chi connectivity index (χ4n) is 4.19. The van der Waals surface area contributed by atoms with Gasteiger partial charge in [-0.25, -0.2) is 4.98 Å². The van der Waals surface area contributed by atoms with Crippen molar-refractivity contribution in [1.29, 1.82) is 0 Å². The fraction of sp³-hybridized carbons (Fsp3) is 0.400. The molecule has 0 aliphatic rings. The summed E-state index contributed by atoms with van der Waals surface area (Å²) in [6.07, 6.45) is 11.3. The molecule has 0 bridgehead atoms. The minimum absolute atomic E-state index is 0.156. The average molecular weight is 429 g/mol. The van der Waals surface area contributed by atoms with Crippen molar-refractivity contribution in [3.63, 3.8) is 0 Å². The summed E-state index contributed by atoms with van der Waals surface area (Å²) in [5.41, 5.74) is 2.70. The van der Waals surface area contributed by atoms with Gasteiger partial charge in [0.15, 0.2) is 0 Å². The van der Waals surface area contributed by atoms with Gasteiger partial charge in [0.2, 0.25) is 0 Å². The van der Waals surface area contributed by atoms with E-state index in [0.29, 0.717) is 5.92 Å². The number of nitrogens with zero attached hydrogens (tertiary/aromatic N) is 2. The lowest BCUT2D eigenvalue weighted by molar-refractivity contribution is 0.141. The first-order chi connectivity index (χ1) is 14.0. The highest BCUT2D eigenvalue weighted by Crippen LogP contribution is 2.40. The standard InChI is InChI=1S/C25H30Cl2N2/c1-3-25(2,17-21-10-4-5-13-24(21)27)22(18-29-15-14-28-19-29)11-6-8-20-9-7-12-23(26)16-20/h4-5,7,9-10,12-16,19,22H,3,6,8,11,17-18H2,1-2H3. The Morgan fingerprint density at radius 1 is 1.10 bits per heavy atom. The second kappa shape index (κ2) is 10.3. The van der Waals surface area contributed by atoms with Crippen LogP contribution in [0.1, 0.15) is 44.2 Å². The Morgan fingerprint density at radius 3 is 2.62 bits per heavy atom. The Balaban J connectivity index is 1.75. The molecule has 0 spiro atoms. The van der Waals surface area contributed by atoms with E-state index in [0.717, 1.165) is 48.7 Å². The second-order valence-electron chi connectivity index (χ2n) is 8.25. The third kappa shape index (κ3) is 6.10. The number of hydrogen-bond acceptors (Lipinski definition) is 1. The zero-order chi connectivity index (χ0) is 20.7. The number of halogens is 2. The molecule has 4 heteroatoms. The SMILES string of the molecule is CCC(C)(Cc1ccccc1Cl)C(CCCc1cccc(Cl)c1)Cn1ccnc1. The molecular formula is C25H30Cl2N2. The Kier molecular flexibility index (Phi) is 7.80. The summed E-state index contributed by atoms with van der Waals surface area (Å²) >= 11 is 12.7. The lowest BCUT2D eigenvalue weighted by Crippen LogP contribution is -2.32. The zero-order valence-corrected chi connectivity index (χ0v) is 18.8. The van der Waals surface area contributed by atoms with E-state index in [-0.39, 0.29) is 5.41 Å². The van der Waals surface area contributed by atoms with Gasteiger partial charge in [-0.15, -0.1) is 0 Å². The predicted molar refractivity (Wildman–Crippen MR) is 124 cm³/mol. The van der Waals surface area contributed by atoms with Crippen LogP contribution in [0.4, 0.5) is 0 Å². The molecule has 29 heavy (non-hydrogen) atoms. The smallest absolute Gasteiger partial charge is 0.0946 e. The Labute approximate surface area is 184 Å². The molecule has 0 saturated carbocycles. The van der Waals surface area contributed by atoms with Crippen LogP contribution in [0.3, 0.4) is 0 Å². The maximum absolute atomic E-state index is 6.51. The van der Waals surface area contributed by atoms with Gasteiger partial charge in [-0.3, -0.25) is 0 Å². The highest BCUT2D eigenvalue weighted by molar-refractivity contribution is 6.31. The van der Waals surface area contributed by atoms with Crippen molar-refractivity contribution in [2.24, 2.45) is 11.3 Å². The molecule has 154 valence electrons. The minimum Gasteiger partial charge on any atom is -0.337 e. The lowest BCUT2D eigenvalue weighted by Gasteiger charge is -2.38. The van der Waals surface area contributed by atoms with Gasteiger partial charge in [0.25, 0.3) is 0 Å². The molecule has 0 aliphatic carbocycles. The summed E-state index contributed by atoms with van der Waals surface area (Å²) in [6, 6.07) is 16.5. The van der Waals surface area contributed by atoms with E-state index >= 15 is 0 Å². The first-order valence-electron chi connectivity index (χ1n) is 10.4. The van der Waals surface area contributed by atoms with Crippen LogP contribution in [-0.2, 0) is 19.4 Å². The Hall–Kier alpha value is -1.77. The molecule has 1 heterocycles. The van der Waals surface area contributed by atoms with E-state index in [1.807, 2.05) is 36.8 Å². The van der Waals surface area contributed by atoms with E-state index < -0.39 is 0 Å². The maximum Gasteiger partial charge on any atom is 0.0946 e. The number of rotatable bonds is 10. The fourth-order valence-corrected chi connectivity index (χ4v) is 4.60. The van der Waals surface area contributed by atoms with Crippen LogP contribution in [0.25, 0.3) is 0 Å². The molecule has 2 nitrogen and oxygen atoms in total. The topological polar surface area (TPSA) is 17.8 Å². The highest BCUT2D eigenvalue weighted by atomic mass is 35.5. The molecule has 2 atom stereocenters. The number of aromatic nitrogens is 2. The van der Waals surface area contributed by atoms with E-state index in [1.54, 1.807) is 0 Å². The van der Waals surface area contributed by atoms with Crippen molar-refractivity contribution >= 4 is 23.2 Å². The molecule has 1 aromatic heterocycles. The molecule has 3 aromatic rings. The Bertz CT molecular complexity index is 891. The molecule has 0 amide bonds. The largest absolute Gasteiger partial charge is 0.337 e. The number of benzene rings is 2. The molecule has 0 radical (unpaired) electrons. The van der Waals surface area contributed by atoms with Crippen molar-refractivity contribution in [2.75, 3.05) is 0 Å². The maximum atomic E-state index is 6.51. The summed E-state index contributed by atoms with van der Waals surface area (Å²) in [4.78, 5) is 4.25. The number of hydrogen-bond donors (Lipinski definition) is 0. The van der Waals surface area contributed by atoms with Crippen molar-refractivity contribution in [3.8, 4) is 0 Å². The van der Waals surface area contributed by atoms with Gasteiger partial charge < -0.3 is 4.57 Å². The molecule has 3 rings (SSSR count). The molecule has 0 N–H and O–H groups in total. The molecule has 0 aliphatic heterocycles. The third-order valence-corrected chi connectivity index (χ3v) is 6.85. The molecular weight excluding hydrogens is 399 g/mol. The van der Waals surface area contributed by atoms with Crippen LogP contribution in [0.5, 0.6) is 0 Å². The van der Waals surface area contributed by atoms with Crippen LogP contribution >= 0.6 is 23.2 Å². The van der Waals surface area contributed by atoms with E-state index in [2.05, 4.69) is 53.9 Å². The summed E-state index contributed by atoms with van der Waals surface area (Å²) in [5, 5.41) is 1.68. The highest BCUT2D eigenvalue weighted by Gasteiger charge is 2.33. The van der Waals surface area contributed by atoms with Gasteiger partial charge in [-0.1, -0.05) is 73.8 Å². The molecule has 2 unspecified atom stereocenters. The Morgan fingerprint density at radius 2 is 1.93 bits per heavy atom. The van der Waals surface area contributed by atoms with Crippen LogP contribution in [0, 0.1) is 11.3 Å². The van der Waals surface area contributed by atoms with Crippen LogP contribution in [0.2, 0.25) is 10.0 Å². The zero-order valence-electron chi connectivity index (χ0n) is 17.3. The summed E-state index contributed by atoms with van der Waals surface area (Å²) in [5.74, 6) is 0.525. The first-order valence-corrected chi connectivity index (χ1v) is 11.2. The summed E-state index contributed by atoms with van der Waals surface area (Å²) < 4.78 is 2.21. The van der Waals surface area contributed by atoms with E-state index in [1.165, 1.54) is 11.1 Å². The van der Waals surface area contributed by atoms with Gasteiger partial charge in [0, 0.05) is 29.0 Å². The van der Waals surface area contributed by atoms with Crippen molar-refractivity contribution < 1.29 is 0 Å². The minimum atomic E-state index is 0.156. The van der Waals surface area contributed by atoms with Crippen LogP contribution in [-0.4, -0.2) is 9.55 Å². The summed E-state index contributed by atoms with van der Waals surface area (Å²) in [7, 11) is 0. The predicted octanol–water partition coefficient (Wildman–Crippen LogP) is 7.49. The molecule has 0 fully saturated rings. The normalized spacial score (nSPS) is 14.5. The lowest BCUT2D eigenvalue weighted by atomic mass is 9.69. The van der Waals surface area contributed by atoms with Gasteiger partial charge in [0.05, 0.1) is 6.33 Å². The number of aryl methyl sites for hydroxylation is 1. The number of imidazole rings is 1. The van der Waals surface area contributed by atoms with E-state index in [9.17, 15) is 0 Å². The second-order valence-corrected chi connectivity index (χ2v) is 9.10.